The molecule has 4 amide bonds. The number of aromatic carboxylic acids is 2. The van der Waals surface area contributed by atoms with Gasteiger partial charge in [-0.15, -0.1) is 0 Å². The van der Waals surface area contributed by atoms with Gasteiger partial charge in [0.05, 0.1) is 11.1 Å². The van der Waals surface area contributed by atoms with Crippen molar-refractivity contribution in [2.24, 2.45) is 0 Å². The van der Waals surface area contributed by atoms with E-state index in [4.69, 9.17) is 10.2 Å². The average molecular weight is 885 g/mol. The average Bonchev–Trinajstić information content (AvgIpc) is 3.30. The number of hydrogen-bond acceptors (Lipinski definition) is 8. The minimum atomic E-state index is -1.22. The van der Waals surface area contributed by atoms with E-state index in [0.29, 0.717) is 59.1 Å². The molecule has 0 saturated carbocycles. The van der Waals surface area contributed by atoms with E-state index in [1.165, 1.54) is 46.2 Å². The Balaban J connectivity index is 0.890. The molecule has 0 fully saturated rings. The van der Waals surface area contributed by atoms with Gasteiger partial charge in [-0.05, 0) is 94.8 Å². The molecule has 6 aromatic rings. The number of carboxylic acid groups (broad SMARTS) is 4. The molecule has 0 saturated heterocycles. The normalized spacial score (nSPS) is 13.5. The standard InChI is InChI=1S/C52H40N2O12/c55-41(56)25-11-29-7-13-31(14-8-29)33-17-19-35-45-37(21-23-39(43(33)45)51(63)64)49(61)53(47(35)59)27-5-3-1-2-4-6-28-54-48(60)36-20-18-34(32-15-9-30(10-16-32)12-26-42(57)58)44-40(52(65)66)24-22-38(46(36)44)50(54)62/h7-26H,1-6,27-28H2,(H,55,56)(H,57,58)(H,63,64)(H,65,66)/b25-11+,26-12+. The van der Waals surface area contributed by atoms with Crippen LogP contribution in [0.15, 0.2) is 109 Å². The van der Waals surface area contributed by atoms with Crippen molar-refractivity contribution in [2.75, 3.05) is 13.1 Å². The summed E-state index contributed by atoms with van der Waals surface area (Å²) in [5.74, 6) is -6.73. The van der Waals surface area contributed by atoms with Gasteiger partial charge in [-0.1, -0.05) is 86.3 Å². The van der Waals surface area contributed by atoms with Crippen LogP contribution in [0.2, 0.25) is 0 Å². The van der Waals surface area contributed by atoms with Gasteiger partial charge >= 0.3 is 23.9 Å². The zero-order valence-electron chi connectivity index (χ0n) is 35.2. The first-order chi connectivity index (χ1) is 31.7. The van der Waals surface area contributed by atoms with E-state index >= 15 is 0 Å². The predicted molar refractivity (Wildman–Crippen MR) is 244 cm³/mol. The zero-order chi connectivity index (χ0) is 46.8. The van der Waals surface area contributed by atoms with Crippen LogP contribution >= 0.6 is 0 Å². The first-order valence-electron chi connectivity index (χ1n) is 21.2. The van der Waals surface area contributed by atoms with Crippen molar-refractivity contribution in [1.29, 1.82) is 0 Å². The smallest absolute Gasteiger partial charge is 0.336 e. The van der Waals surface area contributed by atoms with Gasteiger partial charge in [0, 0.05) is 69.0 Å². The fourth-order valence-electron chi connectivity index (χ4n) is 8.84. The van der Waals surface area contributed by atoms with Crippen molar-refractivity contribution in [3.05, 3.63) is 154 Å². The molecule has 8 rings (SSSR count). The highest BCUT2D eigenvalue weighted by atomic mass is 16.4. The summed E-state index contributed by atoms with van der Waals surface area (Å²) in [6.07, 6.45) is 8.76. The van der Waals surface area contributed by atoms with E-state index in [1.54, 1.807) is 72.8 Å². The van der Waals surface area contributed by atoms with Crippen LogP contribution in [0, 0.1) is 0 Å². The van der Waals surface area contributed by atoms with Crippen molar-refractivity contribution >= 4 is 81.2 Å². The van der Waals surface area contributed by atoms with Crippen molar-refractivity contribution in [1.82, 2.24) is 9.80 Å². The van der Waals surface area contributed by atoms with Gasteiger partial charge in [0.2, 0.25) is 0 Å². The van der Waals surface area contributed by atoms with Gasteiger partial charge in [0.1, 0.15) is 0 Å². The molecule has 0 aliphatic carbocycles. The van der Waals surface area contributed by atoms with Crippen LogP contribution in [-0.4, -0.2) is 90.8 Å². The van der Waals surface area contributed by atoms with Gasteiger partial charge in [0.25, 0.3) is 23.6 Å². The topological polar surface area (TPSA) is 224 Å². The Kier molecular flexibility index (Phi) is 12.2. The second-order valence-corrected chi connectivity index (χ2v) is 16.0. The summed E-state index contributed by atoms with van der Waals surface area (Å²) in [5.41, 5.74) is 4.22. The first-order valence-corrected chi connectivity index (χ1v) is 21.2. The summed E-state index contributed by atoms with van der Waals surface area (Å²) in [6.45, 7) is 0.295. The lowest BCUT2D eigenvalue weighted by Gasteiger charge is -2.28. The number of hydrogen-bond donors (Lipinski definition) is 4. The molecule has 0 atom stereocenters. The van der Waals surface area contributed by atoms with E-state index in [1.807, 2.05) is 0 Å². The molecule has 0 bridgehead atoms. The number of carbonyl (C=O) groups is 8. The number of nitrogens with zero attached hydrogens (tertiary/aromatic N) is 2. The predicted octanol–water partition coefficient (Wildman–Crippen LogP) is 9.15. The van der Waals surface area contributed by atoms with Crippen LogP contribution in [0.4, 0.5) is 0 Å². The third-order valence-corrected chi connectivity index (χ3v) is 12.0. The maximum absolute atomic E-state index is 13.8. The van der Waals surface area contributed by atoms with E-state index in [2.05, 4.69) is 0 Å². The Labute approximate surface area is 376 Å². The Morgan fingerprint density at radius 2 is 0.682 bits per heavy atom. The van der Waals surface area contributed by atoms with Crippen LogP contribution in [0.5, 0.6) is 0 Å². The number of rotatable bonds is 17. The number of imide groups is 2. The Hall–Kier alpha value is -8.52. The number of benzene rings is 6. The lowest BCUT2D eigenvalue weighted by Crippen LogP contribution is -2.41. The molecule has 330 valence electrons. The number of carboxylic acids is 4. The van der Waals surface area contributed by atoms with Crippen LogP contribution in [0.25, 0.3) is 56.0 Å². The van der Waals surface area contributed by atoms with Crippen molar-refractivity contribution in [3.8, 4) is 22.3 Å². The molecule has 2 aliphatic rings. The molecular formula is C52H40N2O12. The van der Waals surface area contributed by atoms with Gasteiger partial charge in [-0.25, -0.2) is 19.2 Å². The summed E-state index contributed by atoms with van der Waals surface area (Å²) >= 11 is 0. The van der Waals surface area contributed by atoms with Gasteiger partial charge in [0.15, 0.2) is 0 Å². The Bertz CT molecular complexity index is 2870. The highest BCUT2D eigenvalue weighted by molar-refractivity contribution is 6.30. The third-order valence-electron chi connectivity index (χ3n) is 12.0. The molecule has 6 aromatic carbocycles. The Morgan fingerprint density at radius 1 is 0.379 bits per heavy atom. The number of unbranched alkanes of at least 4 members (excludes halogenated alkanes) is 5. The van der Waals surface area contributed by atoms with Gasteiger partial charge in [-0.2, -0.15) is 0 Å². The molecular weight excluding hydrogens is 845 g/mol. The summed E-state index contributed by atoms with van der Waals surface area (Å²) in [7, 11) is 0. The minimum absolute atomic E-state index is 0.0661. The maximum atomic E-state index is 13.8. The monoisotopic (exact) mass is 884 g/mol. The quantitative estimate of drug-likeness (QED) is 0.0382. The van der Waals surface area contributed by atoms with Crippen LogP contribution < -0.4 is 0 Å². The molecule has 14 heteroatoms. The second kappa shape index (κ2) is 18.3. The lowest BCUT2D eigenvalue weighted by atomic mass is 9.86. The summed E-state index contributed by atoms with van der Waals surface area (Å²) in [4.78, 5) is 104. The van der Waals surface area contributed by atoms with Crippen molar-refractivity contribution < 1.29 is 58.8 Å². The van der Waals surface area contributed by atoms with E-state index < -0.39 is 47.5 Å². The van der Waals surface area contributed by atoms with E-state index in [0.717, 1.165) is 25.0 Å². The molecule has 0 unspecified atom stereocenters. The number of carbonyl (C=O) groups excluding carboxylic acids is 4. The van der Waals surface area contributed by atoms with E-state index in [-0.39, 0.29) is 68.0 Å². The fourth-order valence-corrected chi connectivity index (χ4v) is 8.84. The molecule has 0 spiro atoms. The maximum Gasteiger partial charge on any atom is 0.336 e. The summed E-state index contributed by atoms with van der Waals surface area (Å²) in [6, 6.07) is 25.7. The lowest BCUT2D eigenvalue weighted by molar-refractivity contribution is -0.132. The largest absolute Gasteiger partial charge is 0.478 e. The van der Waals surface area contributed by atoms with Crippen LogP contribution in [0.3, 0.4) is 0 Å². The molecule has 2 aliphatic heterocycles. The first kappa shape index (κ1) is 44.1. The zero-order valence-corrected chi connectivity index (χ0v) is 35.2. The third kappa shape index (κ3) is 8.34. The van der Waals surface area contributed by atoms with Gasteiger partial charge < -0.3 is 20.4 Å². The second-order valence-electron chi connectivity index (χ2n) is 16.0. The highest BCUT2D eigenvalue weighted by Gasteiger charge is 2.36. The van der Waals surface area contributed by atoms with Crippen molar-refractivity contribution in [3.63, 3.8) is 0 Å². The number of amides is 4. The highest BCUT2D eigenvalue weighted by Crippen LogP contribution is 2.41. The molecule has 0 radical (unpaired) electrons. The van der Waals surface area contributed by atoms with Crippen LogP contribution in [0.1, 0.15) is 112 Å². The molecule has 14 nitrogen and oxygen atoms in total. The summed E-state index contributed by atoms with van der Waals surface area (Å²) in [5, 5.41) is 39.3. The SMILES string of the molecule is O=C(O)/C=C/c1ccc(-c2ccc3c4c(ccc(C(=O)O)c24)C(=O)N(CCCCCCCCN2C(=O)c4ccc(C(=O)O)c5c(-c6ccc(/C=C/C(=O)O)cc6)ccc(c45)C2=O)C3=O)cc1. The molecule has 2 heterocycles. The molecule has 66 heavy (non-hydrogen) atoms. The summed E-state index contributed by atoms with van der Waals surface area (Å²) < 4.78 is 0. The molecule has 4 N–H and O–H groups in total. The van der Waals surface area contributed by atoms with Crippen LogP contribution in [-0.2, 0) is 9.59 Å². The van der Waals surface area contributed by atoms with E-state index in [9.17, 15) is 48.6 Å². The minimum Gasteiger partial charge on any atom is -0.478 e. The fraction of sp³-hybridized carbons (Fsp3) is 0.154. The van der Waals surface area contributed by atoms with Gasteiger partial charge in [-0.3, -0.25) is 29.0 Å². The Morgan fingerprint density at radius 3 is 1.00 bits per heavy atom. The molecule has 0 aromatic heterocycles. The van der Waals surface area contributed by atoms with Crippen molar-refractivity contribution in [2.45, 2.75) is 38.5 Å². The number of aliphatic carboxylic acids is 2.